The van der Waals surface area contributed by atoms with E-state index in [1.54, 1.807) is 0 Å². The molecule has 0 unspecified atom stereocenters. The summed E-state index contributed by atoms with van der Waals surface area (Å²) in [6.45, 7) is 4.95. The first kappa shape index (κ1) is 12.8. The molecule has 0 bridgehead atoms. The lowest BCUT2D eigenvalue weighted by molar-refractivity contribution is -0.133. The van der Waals surface area contributed by atoms with Crippen molar-refractivity contribution in [2.75, 3.05) is 13.1 Å². The van der Waals surface area contributed by atoms with Gasteiger partial charge in [0.05, 0.1) is 6.42 Å². The average molecular weight is 197 g/mol. The number of hydrogen-bond acceptors (Lipinski definition) is 1. The van der Waals surface area contributed by atoms with Gasteiger partial charge in [-0.2, -0.15) is 13.2 Å². The molecule has 0 saturated carbocycles. The second-order valence-electron chi connectivity index (χ2n) is 3.65. The molecule has 0 spiro atoms. The Morgan fingerprint density at radius 1 is 1.15 bits per heavy atom. The largest absolute Gasteiger partial charge is 0.390 e. The molecule has 0 aliphatic carbocycles. The summed E-state index contributed by atoms with van der Waals surface area (Å²) < 4.78 is 35.0. The average Bonchev–Trinajstić information content (AvgIpc) is 1.93. The van der Waals surface area contributed by atoms with Crippen LogP contribution in [0.4, 0.5) is 13.2 Å². The summed E-state index contributed by atoms with van der Waals surface area (Å²) in [7, 11) is 0. The second kappa shape index (κ2) is 6.24. The third kappa shape index (κ3) is 11.8. The Morgan fingerprint density at radius 2 is 1.77 bits per heavy atom. The van der Waals surface area contributed by atoms with Gasteiger partial charge in [-0.1, -0.05) is 13.8 Å². The third-order valence-corrected chi connectivity index (χ3v) is 1.72. The molecular weight excluding hydrogens is 179 g/mol. The molecule has 0 saturated heterocycles. The van der Waals surface area contributed by atoms with Crippen LogP contribution in [0, 0.1) is 5.92 Å². The Hall–Kier alpha value is -0.250. The molecule has 13 heavy (non-hydrogen) atoms. The minimum atomic E-state index is -4.02. The molecule has 0 radical (unpaired) electrons. The molecule has 0 amide bonds. The maximum absolute atomic E-state index is 11.7. The zero-order chi connectivity index (χ0) is 10.3. The van der Waals surface area contributed by atoms with E-state index in [0.29, 0.717) is 12.5 Å². The number of rotatable bonds is 6. The summed E-state index contributed by atoms with van der Waals surface area (Å²) in [5.41, 5.74) is 0. The Balaban J connectivity index is 3.09. The van der Waals surface area contributed by atoms with Crippen LogP contribution < -0.4 is 5.32 Å². The van der Waals surface area contributed by atoms with Gasteiger partial charge in [-0.05, 0) is 25.3 Å². The highest BCUT2D eigenvalue weighted by molar-refractivity contribution is 4.55. The van der Waals surface area contributed by atoms with Crippen molar-refractivity contribution in [3.63, 3.8) is 0 Å². The van der Waals surface area contributed by atoms with Gasteiger partial charge in [-0.25, -0.2) is 0 Å². The van der Waals surface area contributed by atoms with E-state index in [-0.39, 0.29) is 6.54 Å². The summed E-state index contributed by atoms with van der Waals surface area (Å²) in [6.07, 6.45) is -2.73. The van der Waals surface area contributed by atoms with Crippen LogP contribution in [0.1, 0.15) is 33.1 Å². The van der Waals surface area contributed by atoms with Crippen LogP contribution in [0.25, 0.3) is 0 Å². The van der Waals surface area contributed by atoms with Crippen molar-refractivity contribution in [2.45, 2.75) is 39.3 Å². The molecule has 0 atom stereocenters. The van der Waals surface area contributed by atoms with Crippen molar-refractivity contribution < 1.29 is 13.2 Å². The maximum Gasteiger partial charge on any atom is 0.390 e. The maximum atomic E-state index is 11.7. The fraction of sp³-hybridized carbons (Fsp3) is 1.00. The molecule has 0 rings (SSSR count). The highest BCUT2D eigenvalue weighted by Crippen LogP contribution is 2.18. The van der Waals surface area contributed by atoms with Crippen molar-refractivity contribution >= 4 is 0 Å². The van der Waals surface area contributed by atoms with Crippen LogP contribution in [0.5, 0.6) is 0 Å². The highest BCUT2D eigenvalue weighted by atomic mass is 19.4. The number of halogens is 3. The Kier molecular flexibility index (Phi) is 6.12. The Labute approximate surface area is 77.7 Å². The number of hydrogen-bond donors (Lipinski definition) is 1. The minimum Gasteiger partial charge on any atom is -0.316 e. The van der Waals surface area contributed by atoms with Crippen LogP contribution in [0.3, 0.4) is 0 Å². The lowest BCUT2D eigenvalue weighted by atomic mass is 10.1. The smallest absolute Gasteiger partial charge is 0.316 e. The quantitative estimate of drug-likeness (QED) is 0.645. The fourth-order valence-corrected chi connectivity index (χ4v) is 0.990. The van der Waals surface area contributed by atoms with Crippen molar-refractivity contribution in [2.24, 2.45) is 5.92 Å². The number of alkyl halides is 3. The zero-order valence-electron chi connectivity index (χ0n) is 8.25. The van der Waals surface area contributed by atoms with Crippen molar-refractivity contribution in [3.8, 4) is 0 Å². The normalized spacial score (nSPS) is 12.5. The summed E-state index contributed by atoms with van der Waals surface area (Å²) in [4.78, 5) is 0. The van der Waals surface area contributed by atoms with E-state index in [4.69, 9.17) is 0 Å². The van der Waals surface area contributed by atoms with Crippen LogP contribution in [-0.2, 0) is 0 Å². The van der Waals surface area contributed by atoms with Crippen molar-refractivity contribution in [3.05, 3.63) is 0 Å². The monoisotopic (exact) mass is 197 g/mol. The SMILES string of the molecule is CC(C)CCCNCCC(F)(F)F. The van der Waals surface area contributed by atoms with E-state index in [1.807, 2.05) is 0 Å². The molecule has 1 N–H and O–H groups in total. The van der Waals surface area contributed by atoms with Crippen LogP contribution in [0.2, 0.25) is 0 Å². The minimum absolute atomic E-state index is 0.0432. The second-order valence-corrected chi connectivity index (χ2v) is 3.65. The molecule has 0 aliphatic heterocycles. The van der Waals surface area contributed by atoms with Crippen molar-refractivity contribution in [1.82, 2.24) is 5.32 Å². The molecule has 0 aromatic heterocycles. The van der Waals surface area contributed by atoms with Gasteiger partial charge < -0.3 is 5.32 Å². The molecule has 4 heteroatoms. The van der Waals surface area contributed by atoms with Gasteiger partial charge >= 0.3 is 6.18 Å². The van der Waals surface area contributed by atoms with Crippen molar-refractivity contribution in [1.29, 1.82) is 0 Å². The van der Waals surface area contributed by atoms with Gasteiger partial charge in [-0.15, -0.1) is 0 Å². The van der Waals surface area contributed by atoms with Gasteiger partial charge in [0.2, 0.25) is 0 Å². The lowest BCUT2D eigenvalue weighted by Crippen LogP contribution is -2.22. The highest BCUT2D eigenvalue weighted by Gasteiger charge is 2.25. The van der Waals surface area contributed by atoms with E-state index >= 15 is 0 Å². The van der Waals surface area contributed by atoms with Gasteiger partial charge in [0.1, 0.15) is 0 Å². The molecule has 0 aromatic carbocycles. The molecule has 1 nitrogen and oxygen atoms in total. The summed E-state index contributed by atoms with van der Waals surface area (Å²) in [5, 5.41) is 2.78. The Bertz CT molecular complexity index is 121. The standard InChI is InChI=1S/C9H18F3N/c1-8(2)4-3-6-13-7-5-9(10,11)12/h8,13H,3-7H2,1-2H3. The third-order valence-electron chi connectivity index (χ3n) is 1.72. The predicted octanol–water partition coefficient (Wildman–Crippen LogP) is 2.96. The van der Waals surface area contributed by atoms with Crippen LogP contribution in [0.15, 0.2) is 0 Å². The Morgan fingerprint density at radius 3 is 2.23 bits per heavy atom. The predicted molar refractivity (Wildman–Crippen MR) is 47.6 cm³/mol. The number of nitrogens with one attached hydrogen (secondary N) is 1. The van der Waals surface area contributed by atoms with Gasteiger partial charge in [0.25, 0.3) is 0 Å². The summed E-state index contributed by atoms with van der Waals surface area (Å²) in [5.74, 6) is 0.629. The summed E-state index contributed by atoms with van der Waals surface area (Å²) >= 11 is 0. The first-order chi connectivity index (χ1) is 5.92. The molecule has 0 fully saturated rings. The van der Waals surface area contributed by atoms with E-state index < -0.39 is 12.6 Å². The molecule has 80 valence electrons. The van der Waals surface area contributed by atoms with Crippen LogP contribution >= 0.6 is 0 Å². The lowest BCUT2D eigenvalue weighted by Gasteiger charge is -2.08. The first-order valence-corrected chi connectivity index (χ1v) is 4.69. The van der Waals surface area contributed by atoms with E-state index in [0.717, 1.165) is 12.8 Å². The fourth-order valence-electron chi connectivity index (χ4n) is 0.990. The topological polar surface area (TPSA) is 12.0 Å². The van der Waals surface area contributed by atoms with Crippen LogP contribution in [-0.4, -0.2) is 19.3 Å². The van der Waals surface area contributed by atoms with E-state index in [2.05, 4.69) is 19.2 Å². The molecule has 0 aliphatic rings. The molecular formula is C9H18F3N. The van der Waals surface area contributed by atoms with Gasteiger partial charge in [-0.3, -0.25) is 0 Å². The van der Waals surface area contributed by atoms with E-state index in [1.165, 1.54) is 0 Å². The summed E-state index contributed by atoms with van der Waals surface area (Å²) in [6, 6.07) is 0. The first-order valence-electron chi connectivity index (χ1n) is 4.69. The zero-order valence-corrected chi connectivity index (χ0v) is 8.25. The van der Waals surface area contributed by atoms with Gasteiger partial charge in [0.15, 0.2) is 0 Å². The molecule has 0 aromatic rings. The van der Waals surface area contributed by atoms with Gasteiger partial charge in [0, 0.05) is 6.54 Å². The molecule has 0 heterocycles. The van der Waals surface area contributed by atoms with E-state index in [9.17, 15) is 13.2 Å².